The molecule has 0 saturated heterocycles. The van der Waals surface area contributed by atoms with Crippen LogP contribution in [0.1, 0.15) is 37.6 Å². The summed E-state index contributed by atoms with van der Waals surface area (Å²) in [4.78, 5) is 37.3. The second-order valence-electron chi connectivity index (χ2n) is 5.28. The molecular formula is C21H17NO4. The number of nitrogens with zero attached hydrogens (tertiary/aromatic N) is 1. The van der Waals surface area contributed by atoms with Gasteiger partial charge in [0.15, 0.2) is 11.6 Å². The quantitative estimate of drug-likeness (QED) is 0.558. The number of aromatic carboxylic acids is 1. The minimum atomic E-state index is -0.990. The molecule has 0 radical (unpaired) electrons. The Labute approximate surface area is 151 Å². The number of carboxylic acids is 1. The van der Waals surface area contributed by atoms with Crippen LogP contribution in [0, 0.1) is 0 Å². The summed E-state index contributed by atoms with van der Waals surface area (Å²) < 4.78 is 0. The largest absolute Gasteiger partial charge is 0.477 e. The van der Waals surface area contributed by atoms with Gasteiger partial charge in [-0.3, -0.25) is 9.59 Å². The van der Waals surface area contributed by atoms with Gasteiger partial charge in [0, 0.05) is 17.3 Å². The average Bonchev–Trinajstić information content (AvgIpc) is 2.70. The normalized spacial score (nSPS) is 9.54. The van der Waals surface area contributed by atoms with Crippen molar-refractivity contribution < 1.29 is 19.5 Å². The van der Waals surface area contributed by atoms with Crippen LogP contribution in [0.5, 0.6) is 0 Å². The molecule has 130 valence electrons. The van der Waals surface area contributed by atoms with E-state index >= 15 is 0 Å². The number of aromatic nitrogens is 1. The van der Waals surface area contributed by atoms with Gasteiger partial charge in [-0.15, -0.1) is 0 Å². The molecule has 1 heterocycles. The fourth-order valence-electron chi connectivity index (χ4n) is 2.09. The van der Waals surface area contributed by atoms with Crippen molar-refractivity contribution in [3.05, 3.63) is 102 Å². The van der Waals surface area contributed by atoms with Crippen LogP contribution in [0.25, 0.3) is 0 Å². The molecule has 5 nitrogen and oxygen atoms in total. The van der Waals surface area contributed by atoms with Crippen molar-refractivity contribution in [2.45, 2.75) is 6.42 Å². The maximum absolute atomic E-state index is 11.8. The number of carbonyl (C=O) groups excluding carboxylic acids is 2. The van der Waals surface area contributed by atoms with E-state index in [1.165, 1.54) is 12.3 Å². The maximum atomic E-state index is 11.8. The number of hydrogen-bond donors (Lipinski definition) is 1. The van der Waals surface area contributed by atoms with Crippen LogP contribution in [0.2, 0.25) is 0 Å². The monoisotopic (exact) mass is 347 g/mol. The molecule has 0 aliphatic heterocycles. The molecule has 0 unspecified atom stereocenters. The number of Topliss-reactive ketones (excluding diaryl/α,β-unsaturated/α-hetero) is 2. The number of pyridine rings is 1. The minimum Gasteiger partial charge on any atom is -0.477 e. The number of carbonyl (C=O) groups is 3. The first kappa shape index (κ1) is 18.7. The third-order valence-corrected chi connectivity index (χ3v) is 3.40. The summed E-state index contributed by atoms with van der Waals surface area (Å²) >= 11 is 0. The molecule has 0 aliphatic rings. The van der Waals surface area contributed by atoms with E-state index in [4.69, 9.17) is 5.11 Å². The highest BCUT2D eigenvalue weighted by atomic mass is 16.4. The number of carboxylic acid groups (broad SMARTS) is 1. The lowest BCUT2D eigenvalue weighted by Crippen LogP contribution is -2.08. The first-order chi connectivity index (χ1) is 12.6. The number of hydrogen-bond acceptors (Lipinski definition) is 4. The van der Waals surface area contributed by atoms with Gasteiger partial charge in [0.25, 0.3) is 0 Å². The summed E-state index contributed by atoms with van der Waals surface area (Å²) in [6.07, 6.45) is 1.37. The van der Waals surface area contributed by atoms with Gasteiger partial charge in [-0.05, 0) is 12.1 Å². The Morgan fingerprint density at radius 1 is 0.692 bits per heavy atom. The van der Waals surface area contributed by atoms with E-state index in [0.717, 1.165) is 0 Å². The molecule has 0 aliphatic carbocycles. The molecule has 3 aromatic rings. The van der Waals surface area contributed by atoms with Crippen LogP contribution in [0.15, 0.2) is 85.1 Å². The van der Waals surface area contributed by atoms with Gasteiger partial charge in [0.1, 0.15) is 5.69 Å². The summed E-state index contributed by atoms with van der Waals surface area (Å²) in [5, 5.41) is 8.32. The highest BCUT2D eigenvalue weighted by molar-refractivity contribution is 6.13. The molecule has 0 bridgehead atoms. The zero-order valence-electron chi connectivity index (χ0n) is 13.9. The van der Waals surface area contributed by atoms with Gasteiger partial charge in [-0.25, -0.2) is 9.78 Å². The van der Waals surface area contributed by atoms with Crippen molar-refractivity contribution in [3.8, 4) is 0 Å². The number of ketones is 2. The van der Waals surface area contributed by atoms with E-state index in [1.54, 1.807) is 60.7 Å². The van der Waals surface area contributed by atoms with E-state index in [1.807, 2.05) is 12.1 Å². The molecule has 5 heteroatoms. The first-order valence-corrected chi connectivity index (χ1v) is 7.88. The van der Waals surface area contributed by atoms with Crippen LogP contribution in [-0.4, -0.2) is 27.6 Å². The lowest BCUT2D eigenvalue weighted by Gasteiger charge is -2.00. The topological polar surface area (TPSA) is 84.3 Å². The zero-order chi connectivity index (χ0) is 18.8. The molecule has 0 atom stereocenters. The Kier molecular flexibility index (Phi) is 6.94. The molecule has 26 heavy (non-hydrogen) atoms. The van der Waals surface area contributed by atoms with E-state index in [9.17, 15) is 14.4 Å². The van der Waals surface area contributed by atoms with Gasteiger partial charge in [-0.2, -0.15) is 0 Å². The standard InChI is InChI=1S/C15H12O2.C6H5NO2/c16-14(12-7-3-1-4-8-12)11-15(17)13-9-5-2-6-10-13;8-6(9)5-3-1-2-4-7-5/h1-10H,11H2;1-4H,(H,8,9). The zero-order valence-corrected chi connectivity index (χ0v) is 13.9. The van der Waals surface area contributed by atoms with Crippen LogP contribution in [0.3, 0.4) is 0 Å². The molecule has 1 N–H and O–H groups in total. The average molecular weight is 347 g/mol. The maximum Gasteiger partial charge on any atom is 0.354 e. The molecule has 1 aromatic heterocycles. The van der Waals surface area contributed by atoms with Gasteiger partial charge in [0.05, 0.1) is 6.42 Å². The van der Waals surface area contributed by atoms with Crippen molar-refractivity contribution in [1.82, 2.24) is 4.98 Å². The first-order valence-electron chi connectivity index (χ1n) is 7.88. The van der Waals surface area contributed by atoms with Gasteiger partial charge in [-0.1, -0.05) is 66.7 Å². The molecule has 0 spiro atoms. The van der Waals surface area contributed by atoms with E-state index in [0.29, 0.717) is 11.1 Å². The second-order valence-corrected chi connectivity index (χ2v) is 5.28. The minimum absolute atomic E-state index is 0.0754. The molecule has 0 fully saturated rings. The van der Waals surface area contributed by atoms with Crippen molar-refractivity contribution >= 4 is 17.5 Å². The highest BCUT2D eigenvalue weighted by Crippen LogP contribution is 2.08. The summed E-state index contributed by atoms with van der Waals surface area (Å²) in [6, 6.07) is 22.5. The SMILES string of the molecule is O=C(CC(=O)c1ccccc1)c1ccccc1.O=C(O)c1ccccn1. The smallest absolute Gasteiger partial charge is 0.354 e. The Bertz CT molecular complexity index is 813. The predicted octanol–water partition coefficient (Wildman–Crippen LogP) is 3.92. The van der Waals surface area contributed by atoms with Crippen molar-refractivity contribution in [1.29, 1.82) is 0 Å². The molecule has 0 saturated carbocycles. The lowest BCUT2D eigenvalue weighted by molar-refractivity contribution is 0.0689. The Morgan fingerprint density at radius 2 is 1.15 bits per heavy atom. The number of benzene rings is 2. The molecule has 3 rings (SSSR count). The van der Waals surface area contributed by atoms with Crippen LogP contribution < -0.4 is 0 Å². The molecule has 0 amide bonds. The predicted molar refractivity (Wildman–Crippen MR) is 97.4 cm³/mol. The van der Waals surface area contributed by atoms with E-state index in [2.05, 4.69) is 4.98 Å². The third-order valence-electron chi connectivity index (χ3n) is 3.40. The van der Waals surface area contributed by atoms with Crippen molar-refractivity contribution in [2.75, 3.05) is 0 Å². The van der Waals surface area contributed by atoms with E-state index in [-0.39, 0.29) is 23.7 Å². The Hall–Kier alpha value is -3.60. The van der Waals surface area contributed by atoms with E-state index < -0.39 is 5.97 Å². The summed E-state index contributed by atoms with van der Waals surface area (Å²) in [5.41, 5.74) is 1.24. The fraction of sp³-hybridized carbons (Fsp3) is 0.0476. The summed E-state index contributed by atoms with van der Waals surface area (Å²) in [5.74, 6) is -1.27. The molecular weight excluding hydrogens is 330 g/mol. The van der Waals surface area contributed by atoms with Gasteiger partial charge >= 0.3 is 5.97 Å². The van der Waals surface area contributed by atoms with Crippen molar-refractivity contribution in [3.63, 3.8) is 0 Å². The van der Waals surface area contributed by atoms with Crippen molar-refractivity contribution in [2.24, 2.45) is 0 Å². The third kappa shape index (κ3) is 5.79. The summed E-state index contributed by atoms with van der Waals surface area (Å²) in [6.45, 7) is 0. The Balaban J connectivity index is 0.000000228. The second kappa shape index (κ2) is 9.64. The van der Waals surface area contributed by atoms with Crippen LogP contribution >= 0.6 is 0 Å². The summed E-state index contributed by atoms with van der Waals surface area (Å²) in [7, 11) is 0. The Morgan fingerprint density at radius 3 is 1.50 bits per heavy atom. The fourth-order valence-corrected chi connectivity index (χ4v) is 2.09. The van der Waals surface area contributed by atoms with Crippen LogP contribution in [0.4, 0.5) is 0 Å². The number of rotatable bonds is 5. The lowest BCUT2D eigenvalue weighted by atomic mass is 10.0. The highest BCUT2D eigenvalue weighted by Gasteiger charge is 2.12. The van der Waals surface area contributed by atoms with Crippen LogP contribution in [-0.2, 0) is 0 Å². The van der Waals surface area contributed by atoms with Gasteiger partial charge < -0.3 is 5.11 Å². The molecule has 2 aromatic carbocycles. The van der Waals surface area contributed by atoms with Gasteiger partial charge in [0.2, 0.25) is 0 Å².